The Labute approximate surface area is 128 Å². The van der Waals surface area contributed by atoms with Crippen LogP contribution in [-0.2, 0) is 0 Å². The molecule has 0 aliphatic heterocycles. The molecular weight excluding hydrogens is 284 g/mol. The van der Waals surface area contributed by atoms with Gasteiger partial charge in [-0.15, -0.1) is 0 Å². The topological polar surface area (TPSA) is 49.8 Å². The van der Waals surface area contributed by atoms with Crippen LogP contribution in [0.25, 0.3) is 10.9 Å². The fourth-order valence-corrected chi connectivity index (χ4v) is 2.33. The molecule has 0 bridgehead atoms. The highest BCUT2D eigenvalue weighted by atomic mass is 35.5. The minimum absolute atomic E-state index is 0.580. The second kappa shape index (κ2) is 5.58. The van der Waals surface area contributed by atoms with Crippen molar-refractivity contribution in [3.05, 3.63) is 53.1 Å². The van der Waals surface area contributed by atoms with Crippen molar-refractivity contribution in [2.24, 2.45) is 0 Å². The maximum absolute atomic E-state index is 6.17. The first kappa shape index (κ1) is 13.6. The zero-order valence-corrected chi connectivity index (χ0v) is 12.6. The van der Waals surface area contributed by atoms with Crippen LogP contribution in [0.5, 0.6) is 0 Å². The van der Waals surface area contributed by atoms with Gasteiger partial charge in [-0.05, 0) is 36.8 Å². The van der Waals surface area contributed by atoms with Crippen LogP contribution in [-0.4, -0.2) is 17.0 Å². The van der Waals surface area contributed by atoms with Crippen LogP contribution in [0, 0.1) is 6.92 Å². The van der Waals surface area contributed by atoms with Crippen LogP contribution < -0.4 is 10.6 Å². The first-order chi connectivity index (χ1) is 10.2. The summed E-state index contributed by atoms with van der Waals surface area (Å²) in [4.78, 5) is 8.96. The summed E-state index contributed by atoms with van der Waals surface area (Å²) >= 11 is 6.17. The van der Waals surface area contributed by atoms with Crippen LogP contribution in [0.1, 0.15) is 5.56 Å². The summed E-state index contributed by atoms with van der Waals surface area (Å²) < 4.78 is 0. The van der Waals surface area contributed by atoms with Crippen LogP contribution in [0.4, 0.5) is 17.5 Å². The van der Waals surface area contributed by atoms with Crippen molar-refractivity contribution >= 4 is 40.0 Å². The van der Waals surface area contributed by atoms with Crippen LogP contribution in [0.2, 0.25) is 5.02 Å². The molecule has 3 aromatic rings. The lowest BCUT2D eigenvalue weighted by atomic mass is 10.2. The lowest BCUT2D eigenvalue weighted by molar-refractivity contribution is 1.19. The summed E-state index contributed by atoms with van der Waals surface area (Å²) in [6.45, 7) is 1.98. The zero-order valence-electron chi connectivity index (χ0n) is 11.8. The van der Waals surface area contributed by atoms with Crippen LogP contribution in [0.3, 0.4) is 0 Å². The van der Waals surface area contributed by atoms with E-state index in [9.17, 15) is 0 Å². The van der Waals surface area contributed by atoms with E-state index in [1.165, 1.54) is 0 Å². The molecule has 2 aromatic carbocycles. The molecule has 0 fully saturated rings. The van der Waals surface area contributed by atoms with Crippen LogP contribution in [0.15, 0.2) is 42.5 Å². The smallest absolute Gasteiger partial charge is 0.224 e. The van der Waals surface area contributed by atoms with Gasteiger partial charge in [0.1, 0.15) is 5.82 Å². The summed E-state index contributed by atoms with van der Waals surface area (Å²) in [7, 11) is 1.80. The van der Waals surface area contributed by atoms with E-state index in [0.29, 0.717) is 5.95 Å². The van der Waals surface area contributed by atoms with Crippen molar-refractivity contribution in [1.29, 1.82) is 0 Å². The molecule has 3 rings (SSSR count). The van der Waals surface area contributed by atoms with E-state index < -0.39 is 0 Å². The Morgan fingerprint density at radius 1 is 1.00 bits per heavy atom. The van der Waals surface area contributed by atoms with E-state index in [1.807, 2.05) is 49.4 Å². The van der Waals surface area contributed by atoms with Crippen molar-refractivity contribution in [2.45, 2.75) is 6.92 Å². The number of hydrogen-bond donors (Lipinski definition) is 2. The fraction of sp³-hybridized carbons (Fsp3) is 0.125. The molecule has 0 spiro atoms. The second-order valence-electron chi connectivity index (χ2n) is 4.70. The average Bonchev–Trinajstić information content (AvgIpc) is 2.51. The maximum atomic E-state index is 6.17. The van der Waals surface area contributed by atoms with Crippen molar-refractivity contribution in [3.63, 3.8) is 0 Å². The molecule has 106 valence electrons. The average molecular weight is 299 g/mol. The minimum Gasteiger partial charge on any atom is -0.357 e. The van der Waals surface area contributed by atoms with Gasteiger partial charge in [-0.1, -0.05) is 29.8 Å². The first-order valence-electron chi connectivity index (χ1n) is 6.65. The number of benzene rings is 2. The molecule has 1 aromatic heterocycles. The standard InChI is InChI=1S/C16H15ClN4/c1-10-12(17)7-5-9-13(10)19-15-11-6-3-4-8-14(11)20-16(18-2)21-15/h3-9H,1-2H3,(H2,18,19,20,21). The zero-order chi connectivity index (χ0) is 14.8. The highest BCUT2D eigenvalue weighted by Gasteiger charge is 2.09. The number of para-hydroxylation sites is 1. The summed E-state index contributed by atoms with van der Waals surface area (Å²) in [6.07, 6.45) is 0. The van der Waals surface area contributed by atoms with Gasteiger partial charge in [-0.2, -0.15) is 4.98 Å². The number of fused-ring (bicyclic) bond motifs is 1. The Balaban J connectivity index is 2.13. The van der Waals surface area contributed by atoms with E-state index in [-0.39, 0.29) is 0 Å². The molecule has 0 saturated heterocycles. The Morgan fingerprint density at radius 3 is 2.62 bits per heavy atom. The monoisotopic (exact) mass is 298 g/mol. The number of nitrogens with one attached hydrogen (secondary N) is 2. The van der Waals surface area contributed by atoms with E-state index >= 15 is 0 Å². The lowest BCUT2D eigenvalue weighted by Gasteiger charge is -2.13. The fourth-order valence-electron chi connectivity index (χ4n) is 2.15. The van der Waals surface area contributed by atoms with Gasteiger partial charge in [0.25, 0.3) is 0 Å². The number of halogens is 1. The molecule has 0 aliphatic rings. The van der Waals surface area contributed by atoms with Gasteiger partial charge < -0.3 is 10.6 Å². The maximum Gasteiger partial charge on any atom is 0.224 e. The third kappa shape index (κ3) is 2.62. The Kier molecular flexibility index (Phi) is 3.62. The second-order valence-corrected chi connectivity index (χ2v) is 5.11. The number of nitrogens with zero attached hydrogens (tertiary/aromatic N) is 2. The van der Waals surface area contributed by atoms with E-state index in [1.54, 1.807) is 7.05 Å². The first-order valence-corrected chi connectivity index (χ1v) is 7.03. The van der Waals surface area contributed by atoms with Crippen molar-refractivity contribution in [1.82, 2.24) is 9.97 Å². The summed E-state index contributed by atoms with van der Waals surface area (Å²) in [6, 6.07) is 13.7. The van der Waals surface area contributed by atoms with Crippen LogP contribution >= 0.6 is 11.6 Å². The normalized spacial score (nSPS) is 10.6. The molecule has 0 aliphatic carbocycles. The molecule has 2 N–H and O–H groups in total. The van der Waals surface area contributed by atoms with Crippen molar-refractivity contribution in [2.75, 3.05) is 17.7 Å². The van der Waals surface area contributed by atoms with Gasteiger partial charge in [0.2, 0.25) is 5.95 Å². The van der Waals surface area contributed by atoms with E-state index in [4.69, 9.17) is 11.6 Å². The predicted molar refractivity (Wildman–Crippen MR) is 88.6 cm³/mol. The quantitative estimate of drug-likeness (QED) is 0.753. The Hall–Kier alpha value is -2.33. The van der Waals surface area contributed by atoms with Crippen molar-refractivity contribution < 1.29 is 0 Å². The Bertz CT molecular complexity index is 801. The molecule has 0 saturated carbocycles. The van der Waals surface area contributed by atoms with E-state index in [0.717, 1.165) is 33.0 Å². The molecule has 0 radical (unpaired) electrons. The number of aromatic nitrogens is 2. The molecule has 21 heavy (non-hydrogen) atoms. The molecule has 0 amide bonds. The Morgan fingerprint density at radius 2 is 1.81 bits per heavy atom. The predicted octanol–water partition coefficient (Wildman–Crippen LogP) is 4.38. The number of anilines is 3. The summed E-state index contributed by atoms with van der Waals surface area (Å²) in [5, 5.41) is 8.04. The molecule has 4 nitrogen and oxygen atoms in total. The van der Waals surface area contributed by atoms with Gasteiger partial charge in [0.05, 0.1) is 5.52 Å². The van der Waals surface area contributed by atoms with Gasteiger partial charge >= 0.3 is 0 Å². The largest absolute Gasteiger partial charge is 0.357 e. The lowest BCUT2D eigenvalue weighted by Crippen LogP contribution is -2.02. The third-order valence-electron chi connectivity index (χ3n) is 3.35. The number of rotatable bonds is 3. The van der Waals surface area contributed by atoms with Gasteiger partial charge in [-0.25, -0.2) is 4.98 Å². The van der Waals surface area contributed by atoms with Crippen molar-refractivity contribution in [3.8, 4) is 0 Å². The molecular formula is C16H15ClN4. The highest BCUT2D eigenvalue weighted by Crippen LogP contribution is 2.29. The van der Waals surface area contributed by atoms with Gasteiger partial charge in [0.15, 0.2) is 0 Å². The molecule has 0 unspecified atom stereocenters. The summed E-state index contributed by atoms with van der Waals surface area (Å²) in [5.74, 6) is 1.34. The van der Waals surface area contributed by atoms with E-state index in [2.05, 4.69) is 20.6 Å². The highest BCUT2D eigenvalue weighted by molar-refractivity contribution is 6.31. The summed E-state index contributed by atoms with van der Waals surface area (Å²) in [5.41, 5.74) is 2.82. The molecule has 0 atom stereocenters. The SMILES string of the molecule is CNc1nc(Nc2cccc(Cl)c2C)c2ccccc2n1. The molecule has 5 heteroatoms. The third-order valence-corrected chi connectivity index (χ3v) is 3.76. The van der Waals surface area contributed by atoms with Gasteiger partial charge in [-0.3, -0.25) is 0 Å². The van der Waals surface area contributed by atoms with Gasteiger partial charge in [0, 0.05) is 23.1 Å². The number of hydrogen-bond acceptors (Lipinski definition) is 4. The molecule has 1 heterocycles. The minimum atomic E-state index is 0.580.